The number of hydrogen-bond acceptors (Lipinski definition) is 5. The largest absolute Gasteiger partial charge is 0.340 e. The van der Waals surface area contributed by atoms with E-state index >= 15 is 0 Å². The van der Waals surface area contributed by atoms with E-state index in [1.165, 1.54) is 11.6 Å². The van der Waals surface area contributed by atoms with Crippen LogP contribution in [0, 0.1) is 12.7 Å². The molecule has 1 aromatic heterocycles. The van der Waals surface area contributed by atoms with E-state index in [2.05, 4.69) is 27.2 Å². The monoisotopic (exact) mass is 408 g/mol. The Morgan fingerprint density at radius 3 is 2.60 bits per heavy atom. The molecule has 0 bridgehead atoms. The Bertz CT molecular complexity index is 997. The van der Waals surface area contributed by atoms with E-state index in [4.69, 9.17) is 4.52 Å². The standard InChI is InChI=1S/C23H25FN4O2/c1-17-7-8-19(15-20(17)24)23-25-21(30-26-23)9-10-22(29)28-13-11-27(12-14-28)16-18-5-3-2-4-6-18/h2-8,15H,9-14,16H2,1H3. The van der Waals surface area contributed by atoms with Crippen LogP contribution in [0.2, 0.25) is 0 Å². The lowest BCUT2D eigenvalue weighted by Gasteiger charge is -2.34. The Hall–Kier alpha value is -3.06. The Morgan fingerprint density at radius 2 is 1.87 bits per heavy atom. The average molecular weight is 408 g/mol. The van der Waals surface area contributed by atoms with Gasteiger partial charge >= 0.3 is 0 Å². The van der Waals surface area contributed by atoms with Gasteiger partial charge in [-0.3, -0.25) is 9.69 Å². The van der Waals surface area contributed by atoms with Crippen molar-refractivity contribution in [2.45, 2.75) is 26.3 Å². The normalized spacial score (nSPS) is 14.8. The van der Waals surface area contributed by atoms with Crippen LogP contribution in [0.25, 0.3) is 11.4 Å². The van der Waals surface area contributed by atoms with Crippen molar-refractivity contribution in [2.24, 2.45) is 0 Å². The first kappa shape index (κ1) is 20.2. The van der Waals surface area contributed by atoms with Crippen LogP contribution >= 0.6 is 0 Å². The molecule has 6 nitrogen and oxygen atoms in total. The van der Waals surface area contributed by atoms with Crippen molar-refractivity contribution in [2.75, 3.05) is 26.2 Å². The molecule has 1 fully saturated rings. The maximum absolute atomic E-state index is 13.7. The molecule has 1 saturated heterocycles. The van der Waals surface area contributed by atoms with Crippen molar-refractivity contribution in [1.29, 1.82) is 0 Å². The molecule has 0 atom stereocenters. The number of nitrogens with zero attached hydrogens (tertiary/aromatic N) is 4. The summed E-state index contributed by atoms with van der Waals surface area (Å²) < 4.78 is 19.0. The summed E-state index contributed by atoms with van der Waals surface area (Å²) in [6, 6.07) is 15.2. The second-order valence-electron chi connectivity index (χ2n) is 7.62. The predicted octanol–water partition coefficient (Wildman–Crippen LogP) is 3.46. The third-order valence-corrected chi connectivity index (χ3v) is 5.42. The first-order chi connectivity index (χ1) is 14.6. The van der Waals surface area contributed by atoms with Crippen LogP contribution in [0.4, 0.5) is 4.39 Å². The lowest BCUT2D eigenvalue weighted by molar-refractivity contribution is -0.133. The van der Waals surface area contributed by atoms with Gasteiger partial charge in [-0.15, -0.1) is 0 Å². The topological polar surface area (TPSA) is 62.5 Å². The molecule has 0 N–H and O–H groups in total. The molecule has 0 aliphatic carbocycles. The van der Waals surface area contributed by atoms with E-state index in [9.17, 15) is 9.18 Å². The molecule has 2 heterocycles. The van der Waals surface area contributed by atoms with Crippen molar-refractivity contribution in [3.8, 4) is 11.4 Å². The maximum Gasteiger partial charge on any atom is 0.227 e. The van der Waals surface area contributed by atoms with Gasteiger partial charge in [-0.05, 0) is 24.1 Å². The summed E-state index contributed by atoms with van der Waals surface area (Å²) in [7, 11) is 0. The number of carbonyl (C=O) groups is 1. The molecule has 3 aromatic rings. The van der Waals surface area contributed by atoms with Gasteiger partial charge in [0.2, 0.25) is 17.6 Å². The summed E-state index contributed by atoms with van der Waals surface area (Å²) in [5.74, 6) is 0.517. The van der Waals surface area contributed by atoms with Crippen molar-refractivity contribution in [3.05, 3.63) is 71.4 Å². The van der Waals surface area contributed by atoms with Crippen molar-refractivity contribution in [1.82, 2.24) is 19.9 Å². The van der Waals surface area contributed by atoms with E-state index in [1.54, 1.807) is 19.1 Å². The number of benzene rings is 2. The smallest absolute Gasteiger partial charge is 0.227 e. The molecule has 1 aliphatic heterocycles. The Labute approximate surface area is 175 Å². The van der Waals surface area contributed by atoms with E-state index in [0.717, 1.165) is 32.7 Å². The minimum atomic E-state index is -0.305. The van der Waals surface area contributed by atoms with Gasteiger partial charge in [0.05, 0.1) is 0 Å². The highest BCUT2D eigenvalue weighted by Gasteiger charge is 2.21. The maximum atomic E-state index is 13.7. The van der Waals surface area contributed by atoms with Gasteiger partial charge in [0.25, 0.3) is 0 Å². The molecular weight excluding hydrogens is 383 g/mol. The van der Waals surface area contributed by atoms with Crippen LogP contribution < -0.4 is 0 Å². The molecule has 0 saturated carbocycles. The van der Waals surface area contributed by atoms with Gasteiger partial charge < -0.3 is 9.42 Å². The Balaban J connectivity index is 1.25. The first-order valence-electron chi connectivity index (χ1n) is 10.2. The minimum absolute atomic E-state index is 0.0930. The lowest BCUT2D eigenvalue weighted by atomic mass is 10.1. The first-order valence-corrected chi connectivity index (χ1v) is 10.2. The van der Waals surface area contributed by atoms with Gasteiger partial charge in [-0.2, -0.15) is 4.98 Å². The third kappa shape index (κ3) is 4.91. The minimum Gasteiger partial charge on any atom is -0.340 e. The third-order valence-electron chi connectivity index (χ3n) is 5.42. The number of carbonyl (C=O) groups excluding carboxylic acids is 1. The fraction of sp³-hybridized carbons (Fsp3) is 0.348. The Kier molecular flexibility index (Phi) is 6.18. The molecule has 0 radical (unpaired) electrons. The zero-order chi connectivity index (χ0) is 20.9. The zero-order valence-electron chi connectivity index (χ0n) is 17.1. The molecule has 0 unspecified atom stereocenters. The summed E-state index contributed by atoms with van der Waals surface area (Å²) >= 11 is 0. The van der Waals surface area contributed by atoms with Gasteiger partial charge in [-0.25, -0.2) is 4.39 Å². The van der Waals surface area contributed by atoms with Gasteiger partial charge in [0, 0.05) is 51.1 Å². The fourth-order valence-corrected chi connectivity index (χ4v) is 3.57. The van der Waals surface area contributed by atoms with Gasteiger partial charge in [0.1, 0.15) is 5.82 Å². The fourth-order valence-electron chi connectivity index (χ4n) is 3.57. The molecule has 1 amide bonds. The highest BCUT2D eigenvalue weighted by atomic mass is 19.1. The van der Waals surface area contributed by atoms with Gasteiger partial charge in [-0.1, -0.05) is 47.6 Å². The molecule has 7 heteroatoms. The van der Waals surface area contributed by atoms with E-state index in [-0.39, 0.29) is 11.7 Å². The van der Waals surface area contributed by atoms with Gasteiger partial charge in [0.15, 0.2) is 0 Å². The number of piperazine rings is 1. The molecular formula is C23H25FN4O2. The number of amides is 1. The van der Waals surface area contributed by atoms with E-state index in [1.807, 2.05) is 23.1 Å². The van der Waals surface area contributed by atoms with E-state index in [0.29, 0.717) is 35.7 Å². The van der Waals surface area contributed by atoms with Crippen LogP contribution in [0.3, 0.4) is 0 Å². The Morgan fingerprint density at radius 1 is 1.10 bits per heavy atom. The van der Waals surface area contributed by atoms with E-state index < -0.39 is 0 Å². The second-order valence-corrected chi connectivity index (χ2v) is 7.62. The number of rotatable bonds is 6. The van der Waals surface area contributed by atoms with Crippen molar-refractivity contribution >= 4 is 5.91 Å². The highest BCUT2D eigenvalue weighted by molar-refractivity contribution is 5.76. The number of aryl methyl sites for hydroxylation is 2. The van der Waals surface area contributed by atoms with Crippen LogP contribution in [0.5, 0.6) is 0 Å². The number of halogens is 1. The highest BCUT2D eigenvalue weighted by Crippen LogP contribution is 2.19. The quantitative estimate of drug-likeness (QED) is 0.625. The van der Waals surface area contributed by atoms with Crippen LogP contribution in [0.15, 0.2) is 53.1 Å². The van der Waals surface area contributed by atoms with Crippen LogP contribution in [0.1, 0.15) is 23.4 Å². The molecule has 1 aliphatic rings. The summed E-state index contributed by atoms with van der Waals surface area (Å²) in [6.45, 7) is 5.79. The molecule has 4 rings (SSSR count). The zero-order valence-corrected chi connectivity index (χ0v) is 17.1. The summed E-state index contributed by atoms with van der Waals surface area (Å²) in [5.41, 5.74) is 2.42. The molecule has 30 heavy (non-hydrogen) atoms. The molecule has 156 valence electrons. The predicted molar refractivity (Wildman–Crippen MR) is 111 cm³/mol. The summed E-state index contributed by atoms with van der Waals surface area (Å²) in [5, 5.41) is 3.91. The van der Waals surface area contributed by atoms with Crippen LogP contribution in [-0.4, -0.2) is 52.0 Å². The summed E-state index contributed by atoms with van der Waals surface area (Å²) in [4.78, 5) is 21.1. The van der Waals surface area contributed by atoms with Crippen molar-refractivity contribution in [3.63, 3.8) is 0 Å². The number of aromatic nitrogens is 2. The lowest BCUT2D eigenvalue weighted by Crippen LogP contribution is -2.48. The SMILES string of the molecule is Cc1ccc(-c2noc(CCC(=O)N3CCN(Cc4ccccc4)CC3)n2)cc1F. The average Bonchev–Trinajstić information content (AvgIpc) is 3.24. The molecule has 0 spiro atoms. The second kappa shape index (κ2) is 9.17. The molecule has 2 aromatic carbocycles. The summed E-state index contributed by atoms with van der Waals surface area (Å²) in [6.07, 6.45) is 0.701. The van der Waals surface area contributed by atoms with Crippen molar-refractivity contribution < 1.29 is 13.7 Å². The van der Waals surface area contributed by atoms with Crippen LogP contribution in [-0.2, 0) is 17.8 Å². The number of hydrogen-bond donors (Lipinski definition) is 0.